The quantitative estimate of drug-likeness (QED) is 0.624. The minimum Gasteiger partial charge on any atom is -0.313 e. The van der Waals surface area contributed by atoms with Gasteiger partial charge in [-0.05, 0) is 58.5 Å². The average molecular weight is 298 g/mol. The molecular formula is C18H39N3. The molecule has 0 amide bonds. The highest BCUT2D eigenvalue weighted by atomic mass is 15.2. The van der Waals surface area contributed by atoms with Gasteiger partial charge in [-0.2, -0.15) is 0 Å². The van der Waals surface area contributed by atoms with E-state index in [1.165, 1.54) is 71.2 Å². The molecule has 1 saturated carbocycles. The predicted molar refractivity (Wildman–Crippen MR) is 94.0 cm³/mol. The summed E-state index contributed by atoms with van der Waals surface area (Å²) in [5, 5.41) is 3.76. The lowest BCUT2D eigenvalue weighted by molar-refractivity contribution is 0.146. The van der Waals surface area contributed by atoms with E-state index >= 15 is 0 Å². The number of nitrogens with one attached hydrogen (secondary N) is 1. The molecule has 0 heterocycles. The Morgan fingerprint density at radius 3 is 2.19 bits per heavy atom. The van der Waals surface area contributed by atoms with Crippen molar-refractivity contribution in [1.29, 1.82) is 0 Å². The Labute approximate surface area is 133 Å². The van der Waals surface area contributed by atoms with Gasteiger partial charge in [0.1, 0.15) is 0 Å². The molecule has 1 aliphatic rings. The predicted octanol–water partition coefficient (Wildman–Crippen LogP) is 3.35. The number of likely N-dealkylation sites (N-methyl/N-ethyl adjacent to an activating group) is 2. The van der Waals surface area contributed by atoms with Gasteiger partial charge in [0, 0.05) is 12.1 Å². The Hall–Kier alpha value is -0.120. The lowest BCUT2D eigenvalue weighted by Gasteiger charge is -2.36. The summed E-state index contributed by atoms with van der Waals surface area (Å²) < 4.78 is 0. The standard InChI is InChI=1S/C18H39N3/c1-5-19-17-13-10-9-11-14-18(17)21(8-4)16-12-15-20(6-2)7-3/h17-19H,5-16H2,1-4H3. The van der Waals surface area contributed by atoms with E-state index in [2.05, 4.69) is 42.8 Å². The average Bonchev–Trinajstić information content (AvgIpc) is 2.74. The van der Waals surface area contributed by atoms with E-state index in [0.29, 0.717) is 6.04 Å². The summed E-state index contributed by atoms with van der Waals surface area (Å²) in [6.45, 7) is 16.3. The SMILES string of the molecule is CCNC1CCCCCC1N(CC)CCCN(CC)CC. The molecule has 0 aromatic carbocycles. The summed E-state index contributed by atoms with van der Waals surface area (Å²) >= 11 is 0. The monoisotopic (exact) mass is 297 g/mol. The molecule has 0 aromatic rings. The molecule has 1 fully saturated rings. The van der Waals surface area contributed by atoms with Crippen molar-refractivity contribution in [2.24, 2.45) is 0 Å². The van der Waals surface area contributed by atoms with Gasteiger partial charge in [-0.15, -0.1) is 0 Å². The van der Waals surface area contributed by atoms with Crippen LogP contribution in [0.4, 0.5) is 0 Å². The minimum absolute atomic E-state index is 0.714. The van der Waals surface area contributed by atoms with E-state index in [-0.39, 0.29) is 0 Å². The maximum Gasteiger partial charge on any atom is 0.0249 e. The smallest absolute Gasteiger partial charge is 0.0249 e. The largest absolute Gasteiger partial charge is 0.313 e. The minimum atomic E-state index is 0.714. The third kappa shape index (κ3) is 6.66. The van der Waals surface area contributed by atoms with Gasteiger partial charge in [0.25, 0.3) is 0 Å². The zero-order valence-electron chi connectivity index (χ0n) is 15.0. The molecule has 1 N–H and O–H groups in total. The van der Waals surface area contributed by atoms with Gasteiger partial charge in [0.15, 0.2) is 0 Å². The highest BCUT2D eigenvalue weighted by molar-refractivity contribution is 4.86. The molecule has 3 nitrogen and oxygen atoms in total. The molecule has 2 atom stereocenters. The number of nitrogens with zero attached hydrogens (tertiary/aromatic N) is 2. The fourth-order valence-corrected chi connectivity index (χ4v) is 3.82. The van der Waals surface area contributed by atoms with Crippen LogP contribution in [-0.4, -0.2) is 61.2 Å². The molecule has 126 valence electrons. The summed E-state index contributed by atoms with van der Waals surface area (Å²) in [6.07, 6.45) is 8.31. The highest BCUT2D eigenvalue weighted by Gasteiger charge is 2.27. The number of hydrogen-bond acceptors (Lipinski definition) is 3. The van der Waals surface area contributed by atoms with Crippen LogP contribution in [0.1, 0.15) is 66.2 Å². The molecule has 0 radical (unpaired) electrons. The number of hydrogen-bond donors (Lipinski definition) is 1. The molecule has 3 heteroatoms. The van der Waals surface area contributed by atoms with E-state index in [4.69, 9.17) is 0 Å². The Morgan fingerprint density at radius 1 is 0.857 bits per heavy atom. The van der Waals surface area contributed by atoms with Gasteiger partial charge < -0.3 is 10.2 Å². The zero-order chi connectivity index (χ0) is 15.5. The normalized spacial score (nSPS) is 23.7. The van der Waals surface area contributed by atoms with Gasteiger partial charge in [0.2, 0.25) is 0 Å². The van der Waals surface area contributed by atoms with Gasteiger partial charge in [-0.1, -0.05) is 47.0 Å². The van der Waals surface area contributed by atoms with E-state index in [1.54, 1.807) is 0 Å². The van der Waals surface area contributed by atoms with Crippen molar-refractivity contribution in [2.75, 3.05) is 39.3 Å². The topological polar surface area (TPSA) is 18.5 Å². The first-order valence-electron chi connectivity index (χ1n) is 9.46. The Morgan fingerprint density at radius 2 is 1.57 bits per heavy atom. The van der Waals surface area contributed by atoms with Crippen molar-refractivity contribution in [1.82, 2.24) is 15.1 Å². The summed E-state index contributed by atoms with van der Waals surface area (Å²) in [6, 6.07) is 1.47. The van der Waals surface area contributed by atoms with Crippen LogP contribution in [0.15, 0.2) is 0 Å². The Kier molecular flexibility index (Phi) is 10.3. The molecule has 0 aliphatic heterocycles. The molecule has 0 spiro atoms. The fourth-order valence-electron chi connectivity index (χ4n) is 3.82. The van der Waals surface area contributed by atoms with Crippen LogP contribution in [0.2, 0.25) is 0 Å². The summed E-state index contributed by atoms with van der Waals surface area (Å²) in [5.41, 5.74) is 0. The highest BCUT2D eigenvalue weighted by Crippen LogP contribution is 2.22. The van der Waals surface area contributed by atoms with Gasteiger partial charge in [-0.3, -0.25) is 4.90 Å². The molecule has 1 aliphatic carbocycles. The number of rotatable bonds is 10. The van der Waals surface area contributed by atoms with Crippen molar-refractivity contribution in [2.45, 2.75) is 78.3 Å². The molecule has 21 heavy (non-hydrogen) atoms. The third-order valence-corrected chi connectivity index (χ3v) is 5.14. The van der Waals surface area contributed by atoms with Crippen LogP contribution in [0.5, 0.6) is 0 Å². The second-order valence-electron chi connectivity index (χ2n) is 6.38. The fraction of sp³-hybridized carbons (Fsp3) is 1.00. The molecule has 0 saturated heterocycles. The molecule has 0 aromatic heterocycles. The summed E-state index contributed by atoms with van der Waals surface area (Å²) in [5.74, 6) is 0. The van der Waals surface area contributed by atoms with Crippen LogP contribution in [-0.2, 0) is 0 Å². The van der Waals surface area contributed by atoms with Crippen molar-refractivity contribution >= 4 is 0 Å². The van der Waals surface area contributed by atoms with E-state index in [1.807, 2.05) is 0 Å². The Bertz CT molecular complexity index is 241. The van der Waals surface area contributed by atoms with Crippen molar-refractivity contribution < 1.29 is 0 Å². The first kappa shape index (κ1) is 18.9. The van der Waals surface area contributed by atoms with Gasteiger partial charge in [-0.25, -0.2) is 0 Å². The first-order chi connectivity index (χ1) is 10.3. The van der Waals surface area contributed by atoms with Crippen molar-refractivity contribution in [3.05, 3.63) is 0 Å². The van der Waals surface area contributed by atoms with E-state index in [9.17, 15) is 0 Å². The second kappa shape index (κ2) is 11.4. The van der Waals surface area contributed by atoms with Gasteiger partial charge in [0.05, 0.1) is 0 Å². The Balaban J connectivity index is 2.50. The molecule has 0 bridgehead atoms. The maximum atomic E-state index is 3.76. The summed E-state index contributed by atoms with van der Waals surface area (Å²) in [7, 11) is 0. The van der Waals surface area contributed by atoms with Crippen LogP contribution in [0, 0.1) is 0 Å². The third-order valence-electron chi connectivity index (χ3n) is 5.14. The zero-order valence-corrected chi connectivity index (χ0v) is 15.0. The molecular weight excluding hydrogens is 258 g/mol. The first-order valence-corrected chi connectivity index (χ1v) is 9.46. The van der Waals surface area contributed by atoms with Gasteiger partial charge >= 0.3 is 0 Å². The van der Waals surface area contributed by atoms with Crippen LogP contribution >= 0.6 is 0 Å². The molecule has 2 unspecified atom stereocenters. The summed E-state index contributed by atoms with van der Waals surface area (Å²) in [4.78, 5) is 5.30. The molecule has 1 rings (SSSR count). The van der Waals surface area contributed by atoms with E-state index < -0.39 is 0 Å². The van der Waals surface area contributed by atoms with Crippen LogP contribution in [0.25, 0.3) is 0 Å². The maximum absolute atomic E-state index is 3.76. The second-order valence-corrected chi connectivity index (χ2v) is 6.38. The van der Waals surface area contributed by atoms with Crippen LogP contribution in [0.3, 0.4) is 0 Å². The van der Waals surface area contributed by atoms with Crippen LogP contribution < -0.4 is 5.32 Å². The van der Waals surface area contributed by atoms with Crippen molar-refractivity contribution in [3.8, 4) is 0 Å². The van der Waals surface area contributed by atoms with Crippen molar-refractivity contribution in [3.63, 3.8) is 0 Å². The lowest BCUT2D eigenvalue weighted by atomic mass is 10.0. The van der Waals surface area contributed by atoms with E-state index in [0.717, 1.165) is 12.6 Å². The lowest BCUT2D eigenvalue weighted by Crippen LogP contribution is -2.50.